The Morgan fingerprint density at radius 3 is 2.47 bits per heavy atom. The van der Waals surface area contributed by atoms with Gasteiger partial charge < -0.3 is 10.4 Å². The molecule has 0 heterocycles. The number of aliphatic carboxylic acids is 1. The molecule has 0 aliphatic carbocycles. The molecule has 0 saturated carbocycles. The molecule has 19 heavy (non-hydrogen) atoms. The SMILES string of the molecule is CC(C)[C@H](NC(=O)/C=C/c1ccccc1F)C(=O)O. The number of carbonyl (C=O) groups is 2. The lowest BCUT2D eigenvalue weighted by molar-refractivity contribution is -0.142. The zero-order valence-corrected chi connectivity index (χ0v) is 10.8. The smallest absolute Gasteiger partial charge is 0.326 e. The molecule has 1 aromatic carbocycles. The van der Waals surface area contributed by atoms with E-state index in [1.807, 2.05) is 0 Å². The van der Waals surface area contributed by atoms with E-state index in [1.54, 1.807) is 26.0 Å². The number of rotatable bonds is 5. The van der Waals surface area contributed by atoms with Crippen LogP contribution in [0, 0.1) is 11.7 Å². The molecule has 102 valence electrons. The third-order valence-corrected chi connectivity index (χ3v) is 2.55. The standard InChI is InChI=1S/C14H16FNO3/c1-9(2)13(14(18)19)16-12(17)8-7-10-5-3-4-6-11(10)15/h3-9,13H,1-2H3,(H,16,17)(H,18,19)/b8-7+/t13-/m0/s1. The van der Waals surface area contributed by atoms with Crippen molar-refractivity contribution in [1.82, 2.24) is 5.32 Å². The van der Waals surface area contributed by atoms with Crippen molar-refractivity contribution in [2.24, 2.45) is 5.92 Å². The normalized spacial score (nSPS) is 12.6. The molecule has 1 atom stereocenters. The Balaban J connectivity index is 2.70. The van der Waals surface area contributed by atoms with Crippen LogP contribution in [0.5, 0.6) is 0 Å². The minimum absolute atomic E-state index is 0.233. The van der Waals surface area contributed by atoms with Crippen molar-refractivity contribution in [1.29, 1.82) is 0 Å². The average molecular weight is 265 g/mol. The van der Waals surface area contributed by atoms with E-state index in [0.717, 1.165) is 6.08 Å². The van der Waals surface area contributed by atoms with Gasteiger partial charge in [-0.1, -0.05) is 32.0 Å². The van der Waals surface area contributed by atoms with Gasteiger partial charge in [0, 0.05) is 11.6 Å². The molecular formula is C14H16FNO3. The van der Waals surface area contributed by atoms with Crippen LogP contribution in [0.2, 0.25) is 0 Å². The van der Waals surface area contributed by atoms with Crippen LogP contribution in [-0.4, -0.2) is 23.0 Å². The van der Waals surface area contributed by atoms with Crippen LogP contribution in [0.3, 0.4) is 0 Å². The largest absolute Gasteiger partial charge is 0.480 e. The summed E-state index contributed by atoms with van der Waals surface area (Å²) in [4.78, 5) is 22.5. The number of nitrogens with one attached hydrogen (secondary N) is 1. The summed E-state index contributed by atoms with van der Waals surface area (Å²) in [6.07, 6.45) is 2.43. The molecule has 1 aromatic rings. The van der Waals surface area contributed by atoms with Crippen molar-refractivity contribution in [3.63, 3.8) is 0 Å². The summed E-state index contributed by atoms with van der Waals surface area (Å²) in [7, 11) is 0. The van der Waals surface area contributed by atoms with E-state index in [2.05, 4.69) is 5.32 Å². The van der Waals surface area contributed by atoms with Gasteiger partial charge in [0.15, 0.2) is 0 Å². The molecule has 0 bridgehead atoms. The predicted molar refractivity (Wildman–Crippen MR) is 69.8 cm³/mol. The van der Waals surface area contributed by atoms with E-state index in [9.17, 15) is 14.0 Å². The Hall–Kier alpha value is -2.17. The molecule has 0 spiro atoms. The summed E-state index contributed by atoms with van der Waals surface area (Å²) >= 11 is 0. The highest BCUT2D eigenvalue weighted by Gasteiger charge is 2.22. The molecule has 0 fully saturated rings. The second-order valence-electron chi connectivity index (χ2n) is 4.42. The van der Waals surface area contributed by atoms with Gasteiger partial charge in [-0.2, -0.15) is 0 Å². The van der Waals surface area contributed by atoms with Crippen LogP contribution in [-0.2, 0) is 9.59 Å². The molecule has 0 unspecified atom stereocenters. The number of amides is 1. The van der Waals surface area contributed by atoms with Gasteiger partial charge in [-0.25, -0.2) is 9.18 Å². The summed E-state index contributed by atoms with van der Waals surface area (Å²) in [5, 5.41) is 11.3. The molecule has 4 nitrogen and oxygen atoms in total. The van der Waals surface area contributed by atoms with Gasteiger partial charge in [-0.05, 0) is 18.1 Å². The van der Waals surface area contributed by atoms with Gasteiger partial charge in [0.25, 0.3) is 0 Å². The lowest BCUT2D eigenvalue weighted by Crippen LogP contribution is -2.43. The maximum atomic E-state index is 13.3. The maximum absolute atomic E-state index is 13.3. The van der Waals surface area contributed by atoms with E-state index in [-0.39, 0.29) is 11.5 Å². The number of hydrogen-bond donors (Lipinski definition) is 2. The monoisotopic (exact) mass is 265 g/mol. The van der Waals surface area contributed by atoms with E-state index in [4.69, 9.17) is 5.11 Å². The average Bonchev–Trinajstić information content (AvgIpc) is 2.34. The third kappa shape index (κ3) is 4.54. The molecule has 0 aromatic heterocycles. The van der Waals surface area contributed by atoms with Gasteiger partial charge in [0.2, 0.25) is 5.91 Å². The van der Waals surface area contributed by atoms with E-state index >= 15 is 0 Å². The first-order valence-corrected chi connectivity index (χ1v) is 5.87. The number of carbonyl (C=O) groups excluding carboxylic acids is 1. The fraction of sp³-hybridized carbons (Fsp3) is 0.286. The van der Waals surface area contributed by atoms with Crippen molar-refractivity contribution in [3.05, 3.63) is 41.7 Å². The predicted octanol–water partition coefficient (Wildman–Crippen LogP) is 2.06. The summed E-state index contributed by atoms with van der Waals surface area (Å²) < 4.78 is 13.3. The second-order valence-corrected chi connectivity index (χ2v) is 4.42. The van der Waals surface area contributed by atoms with Crippen molar-refractivity contribution in [2.75, 3.05) is 0 Å². The number of carboxylic acid groups (broad SMARTS) is 1. The zero-order chi connectivity index (χ0) is 14.4. The molecule has 0 saturated heterocycles. The Labute approximate surface area is 110 Å². The molecule has 1 rings (SSSR count). The lowest BCUT2D eigenvalue weighted by Gasteiger charge is -2.16. The van der Waals surface area contributed by atoms with Crippen LogP contribution in [0.15, 0.2) is 30.3 Å². The summed E-state index contributed by atoms with van der Waals surface area (Å²) in [5.74, 6) is -2.33. The Kier molecular flexibility index (Phi) is 5.23. The number of benzene rings is 1. The topological polar surface area (TPSA) is 66.4 Å². The highest BCUT2D eigenvalue weighted by Crippen LogP contribution is 2.08. The Morgan fingerprint density at radius 1 is 1.32 bits per heavy atom. The summed E-state index contributed by atoms with van der Waals surface area (Å²) in [6.45, 7) is 3.39. The van der Waals surface area contributed by atoms with Crippen LogP contribution in [0.1, 0.15) is 19.4 Å². The van der Waals surface area contributed by atoms with Gasteiger partial charge >= 0.3 is 5.97 Å². The van der Waals surface area contributed by atoms with Crippen molar-refractivity contribution < 1.29 is 19.1 Å². The van der Waals surface area contributed by atoms with E-state index in [0.29, 0.717) is 0 Å². The zero-order valence-electron chi connectivity index (χ0n) is 10.8. The number of carboxylic acids is 1. The highest BCUT2D eigenvalue weighted by molar-refractivity contribution is 5.94. The first kappa shape index (κ1) is 14.9. The van der Waals surface area contributed by atoms with Gasteiger partial charge in [-0.3, -0.25) is 4.79 Å². The lowest BCUT2D eigenvalue weighted by atomic mass is 10.0. The summed E-state index contributed by atoms with van der Waals surface area (Å²) in [5.41, 5.74) is 0.272. The minimum atomic E-state index is -1.09. The highest BCUT2D eigenvalue weighted by atomic mass is 19.1. The van der Waals surface area contributed by atoms with Crippen LogP contribution in [0.4, 0.5) is 4.39 Å². The first-order valence-electron chi connectivity index (χ1n) is 5.87. The van der Waals surface area contributed by atoms with E-state index in [1.165, 1.54) is 18.2 Å². The summed E-state index contributed by atoms with van der Waals surface area (Å²) in [6, 6.07) is 5.04. The molecule has 5 heteroatoms. The maximum Gasteiger partial charge on any atom is 0.326 e. The fourth-order valence-electron chi connectivity index (χ4n) is 1.49. The van der Waals surface area contributed by atoms with Gasteiger partial charge in [0.1, 0.15) is 11.9 Å². The van der Waals surface area contributed by atoms with Crippen molar-refractivity contribution >= 4 is 18.0 Å². The van der Waals surface area contributed by atoms with Crippen molar-refractivity contribution in [2.45, 2.75) is 19.9 Å². The molecular weight excluding hydrogens is 249 g/mol. The molecule has 1 amide bonds. The Bertz CT molecular complexity index is 497. The molecule has 2 N–H and O–H groups in total. The number of hydrogen-bond acceptors (Lipinski definition) is 2. The minimum Gasteiger partial charge on any atom is -0.480 e. The molecule has 0 radical (unpaired) electrons. The Morgan fingerprint density at radius 2 is 1.95 bits per heavy atom. The third-order valence-electron chi connectivity index (χ3n) is 2.55. The number of halogens is 1. The van der Waals surface area contributed by atoms with Crippen LogP contribution < -0.4 is 5.32 Å². The van der Waals surface area contributed by atoms with Crippen LogP contribution in [0.25, 0.3) is 6.08 Å². The van der Waals surface area contributed by atoms with Crippen LogP contribution >= 0.6 is 0 Å². The second kappa shape index (κ2) is 6.68. The van der Waals surface area contributed by atoms with Crippen molar-refractivity contribution in [3.8, 4) is 0 Å². The van der Waals surface area contributed by atoms with Gasteiger partial charge in [0.05, 0.1) is 0 Å². The molecule has 0 aliphatic heterocycles. The molecule has 0 aliphatic rings. The fourth-order valence-corrected chi connectivity index (χ4v) is 1.49. The first-order chi connectivity index (χ1) is 8.91. The van der Waals surface area contributed by atoms with E-state index < -0.39 is 23.7 Å². The quantitative estimate of drug-likeness (QED) is 0.801. The van der Waals surface area contributed by atoms with Gasteiger partial charge in [-0.15, -0.1) is 0 Å².